The van der Waals surface area contributed by atoms with E-state index in [1.165, 1.54) is 6.08 Å². The first-order valence-electron chi connectivity index (χ1n) is 2.10. The molecule has 1 atom stereocenters. The highest BCUT2D eigenvalue weighted by atomic mass is 35.5. The van der Waals surface area contributed by atoms with Gasteiger partial charge in [-0.15, -0.1) is 12.4 Å². The van der Waals surface area contributed by atoms with Gasteiger partial charge < -0.3 is 5.73 Å². The molecule has 0 radical (unpaired) electrons. The van der Waals surface area contributed by atoms with Crippen molar-refractivity contribution in [2.45, 2.75) is 13.0 Å². The van der Waals surface area contributed by atoms with E-state index in [1.807, 2.05) is 0 Å². The molecule has 0 amide bonds. The van der Waals surface area contributed by atoms with Gasteiger partial charge in [0, 0.05) is 0 Å². The summed E-state index contributed by atoms with van der Waals surface area (Å²) in [6.07, 6.45) is 1.23. The summed E-state index contributed by atoms with van der Waals surface area (Å²) in [5.74, 6) is -0.111. The van der Waals surface area contributed by atoms with Gasteiger partial charge in [0.15, 0.2) is 5.78 Å². The molecule has 2 nitrogen and oxygen atoms in total. The SMILES string of the molecule is C=CC(=O)C(C)N.Cl. The molecule has 0 heterocycles. The van der Waals surface area contributed by atoms with Crippen LogP contribution in [0.15, 0.2) is 12.7 Å². The second kappa shape index (κ2) is 4.81. The number of carbonyl (C=O) groups excluding carboxylic acids is 1. The number of rotatable bonds is 2. The van der Waals surface area contributed by atoms with Crippen LogP contribution in [-0.4, -0.2) is 11.8 Å². The van der Waals surface area contributed by atoms with E-state index < -0.39 is 6.04 Å². The van der Waals surface area contributed by atoms with Gasteiger partial charge in [-0.1, -0.05) is 6.58 Å². The number of nitrogens with two attached hydrogens (primary N) is 1. The van der Waals surface area contributed by atoms with Crippen molar-refractivity contribution in [3.05, 3.63) is 12.7 Å². The summed E-state index contributed by atoms with van der Waals surface area (Å²) in [7, 11) is 0. The van der Waals surface area contributed by atoms with Gasteiger partial charge in [0.05, 0.1) is 6.04 Å². The second-order valence-electron chi connectivity index (χ2n) is 1.40. The third-order valence-corrected chi connectivity index (χ3v) is 0.650. The van der Waals surface area contributed by atoms with Crippen LogP contribution in [0, 0.1) is 0 Å². The molecule has 0 aliphatic carbocycles. The maximum absolute atomic E-state index is 10.3. The van der Waals surface area contributed by atoms with Crippen LogP contribution in [0.2, 0.25) is 0 Å². The third kappa shape index (κ3) is 3.84. The Morgan fingerprint density at radius 2 is 2.25 bits per heavy atom. The van der Waals surface area contributed by atoms with Crippen molar-refractivity contribution in [3.8, 4) is 0 Å². The van der Waals surface area contributed by atoms with E-state index in [9.17, 15) is 4.79 Å². The Morgan fingerprint density at radius 3 is 2.25 bits per heavy atom. The van der Waals surface area contributed by atoms with Gasteiger partial charge in [0.1, 0.15) is 0 Å². The number of ketones is 1. The summed E-state index contributed by atoms with van der Waals surface area (Å²) in [6, 6.07) is -0.391. The van der Waals surface area contributed by atoms with Crippen molar-refractivity contribution in [3.63, 3.8) is 0 Å². The highest BCUT2D eigenvalue weighted by Gasteiger charge is 1.98. The second-order valence-corrected chi connectivity index (χ2v) is 1.40. The highest BCUT2D eigenvalue weighted by Crippen LogP contribution is 1.77. The maximum Gasteiger partial charge on any atom is 0.171 e. The van der Waals surface area contributed by atoms with Gasteiger partial charge >= 0.3 is 0 Å². The molecule has 0 saturated heterocycles. The fourth-order valence-corrected chi connectivity index (χ4v) is 0.186. The van der Waals surface area contributed by atoms with Crippen LogP contribution in [0.1, 0.15) is 6.92 Å². The summed E-state index contributed by atoms with van der Waals surface area (Å²) in [5, 5.41) is 0. The molecular weight excluding hydrogens is 126 g/mol. The summed E-state index contributed by atoms with van der Waals surface area (Å²) in [5.41, 5.74) is 5.13. The predicted molar refractivity (Wildman–Crippen MR) is 36.1 cm³/mol. The zero-order chi connectivity index (χ0) is 5.86. The number of carbonyl (C=O) groups is 1. The predicted octanol–water partition coefficient (Wildman–Crippen LogP) is 0.510. The summed E-state index contributed by atoms with van der Waals surface area (Å²) < 4.78 is 0. The van der Waals surface area contributed by atoms with E-state index in [1.54, 1.807) is 6.92 Å². The average molecular weight is 136 g/mol. The van der Waals surface area contributed by atoms with E-state index in [4.69, 9.17) is 5.73 Å². The molecular formula is C5H10ClNO. The van der Waals surface area contributed by atoms with Gasteiger partial charge in [-0.2, -0.15) is 0 Å². The van der Waals surface area contributed by atoms with Crippen LogP contribution in [0.4, 0.5) is 0 Å². The van der Waals surface area contributed by atoms with Crippen molar-refractivity contribution < 1.29 is 4.79 Å². The van der Waals surface area contributed by atoms with Crippen LogP contribution in [0.3, 0.4) is 0 Å². The smallest absolute Gasteiger partial charge is 0.171 e. The monoisotopic (exact) mass is 135 g/mol. The molecule has 0 saturated carbocycles. The Kier molecular flexibility index (Phi) is 6.38. The molecule has 0 bridgehead atoms. The molecule has 0 fully saturated rings. The minimum atomic E-state index is -0.391. The van der Waals surface area contributed by atoms with Gasteiger partial charge in [0.25, 0.3) is 0 Å². The third-order valence-electron chi connectivity index (χ3n) is 0.650. The van der Waals surface area contributed by atoms with Crippen LogP contribution in [0.5, 0.6) is 0 Å². The summed E-state index contributed by atoms with van der Waals surface area (Å²) in [6.45, 7) is 4.88. The molecule has 0 aromatic rings. The Hall–Kier alpha value is -0.340. The van der Waals surface area contributed by atoms with Crippen molar-refractivity contribution in [1.29, 1.82) is 0 Å². The summed E-state index contributed by atoms with van der Waals surface area (Å²) >= 11 is 0. The van der Waals surface area contributed by atoms with Crippen LogP contribution in [-0.2, 0) is 4.79 Å². The maximum atomic E-state index is 10.3. The van der Waals surface area contributed by atoms with Crippen molar-refractivity contribution in [1.82, 2.24) is 0 Å². The molecule has 0 aromatic heterocycles. The molecule has 0 aliphatic rings. The Balaban J connectivity index is 0. The molecule has 0 spiro atoms. The molecule has 48 valence electrons. The van der Waals surface area contributed by atoms with Gasteiger partial charge in [-0.05, 0) is 13.0 Å². The fraction of sp³-hybridized carbons (Fsp3) is 0.400. The van der Waals surface area contributed by atoms with Crippen LogP contribution < -0.4 is 5.73 Å². The number of hydrogen-bond donors (Lipinski definition) is 1. The first-order valence-corrected chi connectivity index (χ1v) is 2.10. The fourth-order valence-electron chi connectivity index (χ4n) is 0.186. The number of hydrogen-bond acceptors (Lipinski definition) is 2. The zero-order valence-corrected chi connectivity index (χ0v) is 5.57. The van der Waals surface area contributed by atoms with Crippen LogP contribution in [0.25, 0.3) is 0 Å². The van der Waals surface area contributed by atoms with Gasteiger partial charge in [-0.25, -0.2) is 0 Å². The quantitative estimate of drug-likeness (QED) is 0.561. The first-order chi connectivity index (χ1) is 3.18. The summed E-state index contributed by atoms with van der Waals surface area (Å²) in [4.78, 5) is 10.3. The molecule has 3 heteroatoms. The van der Waals surface area contributed by atoms with Crippen molar-refractivity contribution >= 4 is 18.2 Å². The number of halogens is 1. The largest absolute Gasteiger partial charge is 0.321 e. The van der Waals surface area contributed by atoms with Crippen LogP contribution >= 0.6 is 12.4 Å². The molecule has 0 aromatic carbocycles. The highest BCUT2D eigenvalue weighted by molar-refractivity contribution is 5.93. The van der Waals surface area contributed by atoms with Gasteiger partial charge in [-0.3, -0.25) is 4.79 Å². The lowest BCUT2D eigenvalue weighted by Gasteiger charge is -1.93. The standard InChI is InChI=1S/C5H9NO.ClH/c1-3-5(7)4(2)6;/h3-4H,1,6H2,2H3;1H. The zero-order valence-electron chi connectivity index (χ0n) is 4.76. The van der Waals surface area contributed by atoms with E-state index in [0.29, 0.717) is 0 Å². The lowest BCUT2D eigenvalue weighted by Crippen LogP contribution is -2.24. The van der Waals surface area contributed by atoms with Crippen molar-refractivity contribution in [2.24, 2.45) is 5.73 Å². The molecule has 8 heavy (non-hydrogen) atoms. The molecule has 0 aliphatic heterocycles. The lowest BCUT2D eigenvalue weighted by atomic mass is 10.2. The minimum Gasteiger partial charge on any atom is -0.321 e. The van der Waals surface area contributed by atoms with E-state index in [0.717, 1.165) is 0 Å². The molecule has 0 rings (SSSR count). The molecule has 2 N–H and O–H groups in total. The molecule has 1 unspecified atom stereocenters. The van der Waals surface area contributed by atoms with Crippen molar-refractivity contribution in [2.75, 3.05) is 0 Å². The lowest BCUT2D eigenvalue weighted by molar-refractivity contribution is -0.115. The van der Waals surface area contributed by atoms with Gasteiger partial charge in [0.2, 0.25) is 0 Å². The minimum absolute atomic E-state index is 0. The normalized spacial score (nSPS) is 11.2. The van der Waals surface area contributed by atoms with E-state index in [-0.39, 0.29) is 18.2 Å². The Bertz CT molecular complexity index is 90.4. The topological polar surface area (TPSA) is 43.1 Å². The Labute approximate surface area is 55.2 Å². The Morgan fingerprint density at radius 1 is 1.88 bits per heavy atom. The van der Waals surface area contributed by atoms with E-state index in [2.05, 4.69) is 6.58 Å². The van der Waals surface area contributed by atoms with E-state index >= 15 is 0 Å². The average Bonchev–Trinajstić information content (AvgIpc) is 1.65. The first kappa shape index (κ1) is 10.6.